The third-order valence-corrected chi connectivity index (χ3v) is 4.18. The standard InChI is InChI=1S/C13H24N2O2/c1-3-11-10-17-9-8-15(11)12(16)13(2)4-6-14-7-5-13/h11,14H,3-10H2,1-2H3. The van der Waals surface area contributed by atoms with E-state index in [1.807, 2.05) is 0 Å². The summed E-state index contributed by atoms with van der Waals surface area (Å²) in [7, 11) is 0. The Morgan fingerprint density at radius 2 is 2.18 bits per heavy atom. The van der Waals surface area contributed by atoms with Crippen LogP contribution in [0, 0.1) is 5.41 Å². The van der Waals surface area contributed by atoms with E-state index in [4.69, 9.17) is 4.74 Å². The molecule has 0 bridgehead atoms. The second-order valence-corrected chi connectivity index (χ2v) is 5.45. The van der Waals surface area contributed by atoms with Crippen LogP contribution in [0.5, 0.6) is 0 Å². The summed E-state index contributed by atoms with van der Waals surface area (Å²) in [6.07, 6.45) is 2.90. The highest BCUT2D eigenvalue weighted by atomic mass is 16.5. The summed E-state index contributed by atoms with van der Waals surface area (Å²) < 4.78 is 5.47. The summed E-state index contributed by atoms with van der Waals surface area (Å²) in [6, 6.07) is 0.281. The summed E-state index contributed by atoms with van der Waals surface area (Å²) in [5.74, 6) is 0.342. The molecule has 0 radical (unpaired) electrons. The van der Waals surface area contributed by atoms with Gasteiger partial charge in [0.05, 0.1) is 19.3 Å². The third-order valence-electron chi connectivity index (χ3n) is 4.18. The van der Waals surface area contributed by atoms with Crippen molar-refractivity contribution in [3.05, 3.63) is 0 Å². The molecule has 2 saturated heterocycles. The molecule has 17 heavy (non-hydrogen) atoms. The van der Waals surface area contributed by atoms with Crippen LogP contribution in [0.1, 0.15) is 33.1 Å². The van der Waals surface area contributed by atoms with Gasteiger partial charge in [0.2, 0.25) is 5.91 Å². The van der Waals surface area contributed by atoms with Crippen LogP contribution in [0.25, 0.3) is 0 Å². The lowest BCUT2D eigenvalue weighted by Crippen LogP contribution is -2.55. The zero-order chi connectivity index (χ0) is 12.3. The molecule has 2 heterocycles. The van der Waals surface area contributed by atoms with Crippen molar-refractivity contribution >= 4 is 5.91 Å². The van der Waals surface area contributed by atoms with Gasteiger partial charge in [-0.25, -0.2) is 0 Å². The van der Waals surface area contributed by atoms with Crippen molar-refractivity contribution in [1.29, 1.82) is 0 Å². The maximum Gasteiger partial charge on any atom is 0.229 e. The molecule has 98 valence electrons. The molecule has 4 nitrogen and oxygen atoms in total. The Morgan fingerprint density at radius 1 is 1.47 bits per heavy atom. The second kappa shape index (κ2) is 5.36. The summed E-state index contributed by atoms with van der Waals surface area (Å²) in [5.41, 5.74) is -0.157. The number of piperidine rings is 1. The Bertz CT molecular complexity index is 275. The predicted molar refractivity (Wildman–Crippen MR) is 66.8 cm³/mol. The molecule has 1 N–H and O–H groups in total. The highest BCUT2D eigenvalue weighted by Crippen LogP contribution is 2.32. The van der Waals surface area contributed by atoms with Gasteiger partial charge >= 0.3 is 0 Å². The number of morpholine rings is 1. The molecule has 1 amide bonds. The summed E-state index contributed by atoms with van der Waals surface area (Å²) in [5, 5.41) is 3.33. The van der Waals surface area contributed by atoms with E-state index in [-0.39, 0.29) is 11.5 Å². The topological polar surface area (TPSA) is 41.6 Å². The molecule has 0 aromatic carbocycles. The van der Waals surface area contributed by atoms with Gasteiger partial charge in [0, 0.05) is 12.0 Å². The van der Waals surface area contributed by atoms with E-state index in [0.717, 1.165) is 38.9 Å². The van der Waals surface area contributed by atoms with Crippen molar-refractivity contribution in [3.63, 3.8) is 0 Å². The Kier molecular flexibility index (Phi) is 4.05. The summed E-state index contributed by atoms with van der Waals surface area (Å²) >= 11 is 0. The average Bonchev–Trinajstić information content (AvgIpc) is 2.38. The lowest BCUT2D eigenvalue weighted by molar-refractivity contribution is -0.151. The molecular weight excluding hydrogens is 216 g/mol. The molecule has 1 unspecified atom stereocenters. The Morgan fingerprint density at radius 3 is 2.82 bits per heavy atom. The molecule has 4 heteroatoms. The second-order valence-electron chi connectivity index (χ2n) is 5.45. The smallest absolute Gasteiger partial charge is 0.229 e. The minimum atomic E-state index is -0.157. The van der Waals surface area contributed by atoms with E-state index in [2.05, 4.69) is 24.1 Å². The largest absolute Gasteiger partial charge is 0.377 e. The van der Waals surface area contributed by atoms with Crippen LogP contribution in [0.2, 0.25) is 0 Å². The Hall–Kier alpha value is -0.610. The van der Waals surface area contributed by atoms with E-state index in [9.17, 15) is 4.79 Å². The number of rotatable bonds is 2. The van der Waals surface area contributed by atoms with Gasteiger partial charge in [-0.1, -0.05) is 13.8 Å². The summed E-state index contributed by atoms with van der Waals surface area (Å²) in [6.45, 7) is 8.34. The molecule has 2 aliphatic rings. The first-order chi connectivity index (χ1) is 8.17. The van der Waals surface area contributed by atoms with Crippen LogP contribution in [0.4, 0.5) is 0 Å². The van der Waals surface area contributed by atoms with Crippen LogP contribution in [-0.4, -0.2) is 49.7 Å². The van der Waals surface area contributed by atoms with Crippen LogP contribution < -0.4 is 5.32 Å². The lowest BCUT2D eigenvalue weighted by Gasteiger charge is -2.42. The van der Waals surface area contributed by atoms with E-state index in [0.29, 0.717) is 19.1 Å². The maximum absolute atomic E-state index is 12.7. The zero-order valence-corrected chi connectivity index (χ0v) is 11.0. The van der Waals surface area contributed by atoms with Crippen molar-refractivity contribution in [2.75, 3.05) is 32.8 Å². The van der Waals surface area contributed by atoms with E-state index in [1.165, 1.54) is 0 Å². The first-order valence-corrected chi connectivity index (χ1v) is 6.77. The van der Waals surface area contributed by atoms with Crippen LogP contribution in [-0.2, 0) is 9.53 Å². The van der Waals surface area contributed by atoms with Crippen LogP contribution in [0.3, 0.4) is 0 Å². The van der Waals surface area contributed by atoms with Crippen molar-refractivity contribution in [2.45, 2.75) is 39.2 Å². The molecule has 2 aliphatic heterocycles. The van der Waals surface area contributed by atoms with Gasteiger partial charge in [0.1, 0.15) is 0 Å². The number of nitrogens with one attached hydrogen (secondary N) is 1. The van der Waals surface area contributed by atoms with Gasteiger partial charge in [-0.05, 0) is 32.4 Å². The highest BCUT2D eigenvalue weighted by molar-refractivity contribution is 5.83. The Labute approximate surface area is 104 Å². The van der Waals surface area contributed by atoms with Gasteiger partial charge in [0.25, 0.3) is 0 Å². The number of hydrogen-bond donors (Lipinski definition) is 1. The van der Waals surface area contributed by atoms with E-state index < -0.39 is 0 Å². The van der Waals surface area contributed by atoms with Crippen LogP contribution >= 0.6 is 0 Å². The number of nitrogens with zero attached hydrogens (tertiary/aromatic N) is 1. The highest BCUT2D eigenvalue weighted by Gasteiger charge is 2.40. The van der Waals surface area contributed by atoms with Crippen molar-refractivity contribution in [2.24, 2.45) is 5.41 Å². The normalized spacial score (nSPS) is 29.1. The van der Waals surface area contributed by atoms with Gasteiger partial charge < -0.3 is 15.0 Å². The average molecular weight is 240 g/mol. The van der Waals surface area contributed by atoms with Crippen molar-refractivity contribution in [1.82, 2.24) is 10.2 Å². The fourth-order valence-electron chi connectivity index (χ4n) is 2.80. The molecule has 2 fully saturated rings. The van der Waals surface area contributed by atoms with Gasteiger partial charge in [-0.3, -0.25) is 4.79 Å². The minimum absolute atomic E-state index is 0.157. The summed E-state index contributed by atoms with van der Waals surface area (Å²) in [4.78, 5) is 14.8. The SMILES string of the molecule is CCC1COCCN1C(=O)C1(C)CCNCC1. The fraction of sp³-hybridized carbons (Fsp3) is 0.923. The molecule has 1 atom stereocenters. The van der Waals surface area contributed by atoms with Crippen LogP contribution in [0.15, 0.2) is 0 Å². The zero-order valence-electron chi connectivity index (χ0n) is 11.0. The lowest BCUT2D eigenvalue weighted by atomic mass is 9.79. The quantitative estimate of drug-likeness (QED) is 0.783. The van der Waals surface area contributed by atoms with Gasteiger partial charge in [0.15, 0.2) is 0 Å². The Balaban J connectivity index is 2.06. The van der Waals surface area contributed by atoms with E-state index in [1.54, 1.807) is 0 Å². The van der Waals surface area contributed by atoms with Gasteiger partial charge in [-0.15, -0.1) is 0 Å². The molecular formula is C13H24N2O2. The number of carbonyl (C=O) groups excluding carboxylic acids is 1. The number of amides is 1. The minimum Gasteiger partial charge on any atom is -0.377 e. The molecule has 0 aliphatic carbocycles. The maximum atomic E-state index is 12.7. The fourth-order valence-corrected chi connectivity index (χ4v) is 2.80. The monoisotopic (exact) mass is 240 g/mol. The van der Waals surface area contributed by atoms with Crippen molar-refractivity contribution in [3.8, 4) is 0 Å². The van der Waals surface area contributed by atoms with E-state index >= 15 is 0 Å². The third kappa shape index (κ3) is 2.63. The molecule has 2 rings (SSSR count). The number of ether oxygens (including phenoxy) is 1. The van der Waals surface area contributed by atoms with Crippen molar-refractivity contribution < 1.29 is 9.53 Å². The number of carbonyl (C=O) groups is 1. The molecule has 0 aromatic rings. The van der Waals surface area contributed by atoms with Gasteiger partial charge in [-0.2, -0.15) is 0 Å². The number of hydrogen-bond acceptors (Lipinski definition) is 3. The first kappa shape index (κ1) is 12.8. The molecule has 0 saturated carbocycles. The molecule has 0 aromatic heterocycles. The predicted octanol–water partition coefficient (Wildman–Crippen LogP) is 1.01. The molecule has 0 spiro atoms. The first-order valence-electron chi connectivity index (χ1n) is 6.77.